The number of aliphatic hydroxyl groups excluding tert-OH is 1. The first-order chi connectivity index (χ1) is 7.63. The van der Waals surface area contributed by atoms with Gasteiger partial charge in [0.1, 0.15) is 11.6 Å². The van der Waals surface area contributed by atoms with E-state index in [9.17, 15) is 13.9 Å². The van der Waals surface area contributed by atoms with Crippen molar-refractivity contribution >= 4 is 0 Å². The van der Waals surface area contributed by atoms with E-state index in [0.717, 1.165) is 25.0 Å². The summed E-state index contributed by atoms with van der Waals surface area (Å²) in [6.07, 6.45) is 3.19. The van der Waals surface area contributed by atoms with Gasteiger partial charge in [-0.25, -0.2) is 8.78 Å². The van der Waals surface area contributed by atoms with Crippen molar-refractivity contribution in [1.82, 2.24) is 0 Å². The number of hydrogen-bond acceptors (Lipinski definition) is 1. The summed E-state index contributed by atoms with van der Waals surface area (Å²) in [6, 6.07) is 3.49. The molecular weight excluding hydrogens is 210 g/mol. The summed E-state index contributed by atoms with van der Waals surface area (Å²) in [5.41, 5.74) is 0.392. The van der Waals surface area contributed by atoms with E-state index >= 15 is 0 Å². The molecule has 0 amide bonds. The van der Waals surface area contributed by atoms with Crippen molar-refractivity contribution in [3.63, 3.8) is 0 Å². The molecule has 0 radical (unpaired) electrons. The van der Waals surface area contributed by atoms with E-state index in [-0.39, 0.29) is 11.9 Å². The number of aryl methyl sites for hydroxylation is 1. The molecule has 0 aromatic heterocycles. The molecule has 0 aliphatic heterocycles. The maximum Gasteiger partial charge on any atom is 0.126 e. The Labute approximate surface area is 95.1 Å². The molecule has 1 atom stereocenters. The molecule has 16 heavy (non-hydrogen) atoms. The summed E-state index contributed by atoms with van der Waals surface area (Å²) in [7, 11) is 0. The van der Waals surface area contributed by atoms with Crippen LogP contribution in [0.3, 0.4) is 0 Å². The van der Waals surface area contributed by atoms with Crippen molar-refractivity contribution in [3.05, 3.63) is 35.4 Å². The smallest absolute Gasteiger partial charge is 0.126 e. The normalized spacial score (nSPS) is 12.8. The summed E-state index contributed by atoms with van der Waals surface area (Å²) < 4.78 is 26.1. The molecule has 3 heteroatoms. The van der Waals surface area contributed by atoms with E-state index in [0.29, 0.717) is 24.8 Å². The van der Waals surface area contributed by atoms with Crippen molar-refractivity contribution in [2.45, 2.75) is 45.1 Å². The SMILES string of the molecule is CCC[C@H](O)CCCc1cc(F)ccc1F. The molecule has 0 unspecified atom stereocenters. The van der Waals surface area contributed by atoms with Crippen LogP contribution in [-0.4, -0.2) is 11.2 Å². The van der Waals surface area contributed by atoms with E-state index < -0.39 is 5.82 Å². The van der Waals surface area contributed by atoms with Crippen LogP contribution in [0.15, 0.2) is 18.2 Å². The Hall–Kier alpha value is -0.960. The van der Waals surface area contributed by atoms with E-state index in [1.54, 1.807) is 0 Å². The second-order valence-corrected chi connectivity index (χ2v) is 4.07. The lowest BCUT2D eigenvalue weighted by Crippen LogP contribution is -2.06. The van der Waals surface area contributed by atoms with Crippen LogP contribution in [0.1, 0.15) is 38.2 Å². The molecule has 0 heterocycles. The second kappa shape index (κ2) is 6.59. The molecule has 0 saturated heterocycles. The average molecular weight is 228 g/mol. The maximum absolute atomic E-state index is 13.2. The zero-order valence-corrected chi connectivity index (χ0v) is 9.55. The fraction of sp³-hybridized carbons (Fsp3) is 0.538. The standard InChI is InChI=1S/C13H18F2O/c1-2-4-12(16)6-3-5-10-9-11(14)7-8-13(10)15/h7-9,12,16H,2-6H2,1H3/t12-/m0/s1. The average Bonchev–Trinajstić information content (AvgIpc) is 2.23. The van der Waals surface area contributed by atoms with Crippen LogP contribution in [-0.2, 0) is 6.42 Å². The van der Waals surface area contributed by atoms with Crippen molar-refractivity contribution < 1.29 is 13.9 Å². The largest absolute Gasteiger partial charge is 0.393 e. The number of aliphatic hydroxyl groups is 1. The second-order valence-electron chi connectivity index (χ2n) is 4.07. The monoisotopic (exact) mass is 228 g/mol. The van der Waals surface area contributed by atoms with Gasteiger partial charge in [0.25, 0.3) is 0 Å². The molecule has 1 rings (SSSR count). The van der Waals surface area contributed by atoms with Gasteiger partial charge in [-0.05, 0) is 49.4 Å². The molecule has 90 valence electrons. The zero-order valence-electron chi connectivity index (χ0n) is 9.55. The Morgan fingerprint density at radius 1 is 1.25 bits per heavy atom. The van der Waals surface area contributed by atoms with E-state index in [1.165, 1.54) is 6.07 Å². The van der Waals surface area contributed by atoms with E-state index in [1.807, 2.05) is 6.92 Å². The Bertz CT molecular complexity index is 326. The van der Waals surface area contributed by atoms with Crippen LogP contribution in [0.25, 0.3) is 0 Å². The van der Waals surface area contributed by atoms with Gasteiger partial charge >= 0.3 is 0 Å². The lowest BCUT2D eigenvalue weighted by atomic mass is 10.0. The van der Waals surface area contributed by atoms with Gasteiger partial charge in [-0.2, -0.15) is 0 Å². The van der Waals surface area contributed by atoms with Crippen molar-refractivity contribution in [2.75, 3.05) is 0 Å². The molecule has 1 aromatic rings. The Kier molecular flexibility index (Phi) is 5.39. The third-order valence-corrected chi connectivity index (χ3v) is 2.61. The highest BCUT2D eigenvalue weighted by Gasteiger charge is 2.06. The molecule has 0 aliphatic carbocycles. The van der Waals surface area contributed by atoms with Gasteiger partial charge in [0, 0.05) is 0 Å². The highest BCUT2D eigenvalue weighted by Crippen LogP contribution is 2.14. The fourth-order valence-electron chi connectivity index (χ4n) is 1.74. The third-order valence-electron chi connectivity index (χ3n) is 2.61. The molecule has 0 fully saturated rings. The predicted molar refractivity (Wildman–Crippen MR) is 60.2 cm³/mol. The minimum atomic E-state index is -0.412. The number of rotatable bonds is 6. The summed E-state index contributed by atoms with van der Waals surface area (Å²) in [5.74, 6) is -0.781. The van der Waals surface area contributed by atoms with Gasteiger partial charge in [0.2, 0.25) is 0 Å². The van der Waals surface area contributed by atoms with E-state index in [2.05, 4.69) is 0 Å². The fourth-order valence-corrected chi connectivity index (χ4v) is 1.74. The van der Waals surface area contributed by atoms with Gasteiger partial charge in [0.05, 0.1) is 6.10 Å². The zero-order chi connectivity index (χ0) is 12.0. The summed E-state index contributed by atoms with van der Waals surface area (Å²) in [4.78, 5) is 0. The first-order valence-electron chi connectivity index (χ1n) is 5.75. The lowest BCUT2D eigenvalue weighted by molar-refractivity contribution is 0.151. The van der Waals surface area contributed by atoms with Crippen LogP contribution in [0, 0.1) is 11.6 Å². The first kappa shape index (κ1) is 13.1. The highest BCUT2D eigenvalue weighted by molar-refractivity contribution is 5.18. The minimum absolute atomic E-state index is 0.318. The third kappa shape index (κ3) is 4.27. The number of benzene rings is 1. The molecule has 0 saturated carbocycles. The Morgan fingerprint density at radius 2 is 2.00 bits per heavy atom. The molecule has 0 bridgehead atoms. The highest BCUT2D eigenvalue weighted by atomic mass is 19.1. The quantitative estimate of drug-likeness (QED) is 0.790. The molecule has 0 aliphatic rings. The molecular formula is C13H18F2O. The van der Waals surface area contributed by atoms with Crippen LogP contribution >= 0.6 is 0 Å². The summed E-state index contributed by atoms with van der Waals surface area (Å²) >= 11 is 0. The molecule has 1 aromatic carbocycles. The number of hydrogen-bond donors (Lipinski definition) is 1. The van der Waals surface area contributed by atoms with Crippen molar-refractivity contribution in [3.8, 4) is 0 Å². The Morgan fingerprint density at radius 3 is 2.69 bits per heavy atom. The van der Waals surface area contributed by atoms with Gasteiger partial charge in [-0.15, -0.1) is 0 Å². The number of halogens is 2. The van der Waals surface area contributed by atoms with Crippen LogP contribution in [0.2, 0.25) is 0 Å². The van der Waals surface area contributed by atoms with Gasteiger partial charge in [-0.1, -0.05) is 13.3 Å². The van der Waals surface area contributed by atoms with Gasteiger partial charge in [-0.3, -0.25) is 0 Å². The topological polar surface area (TPSA) is 20.2 Å². The van der Waals surface area contributed by atoms with Crippen LogP contribution < -0.4 is 0 Å². The molecule has 0 spiro atoms. The van der Waals surface area contributed by atoms with Crippen LogP contribution in [0.5, 0.6) is 0 Å². The first-order valence-corrected chi connectivity index (χ1v) is 5.75. The lowest BCUT2D eigenvalue weighted by Gasteiger charge is -2.09. The van der Waals surface area contributed by atoms with Crippen molar-refractivity contribution in [2.24, 2.45) is 0 Å². The van der Waals surface area contributed by atoms with E-state index in [4.69, 9.17) is 0 Å². The van der Waals surface area contributed by atoms with Gasteiger partial charge < -0.3 is 5.11 Å². The molecule has 1 nitrogen and oxygen atoms in total. The molecule has 1 N–H and O–H groups in total. The summed E-state index contributed by atoms with van der Waals surface area (Å²) in [5, 5.41) is 9.48. The van der Waals surface area contributed by atoms with Crippen molar-refractivity contribution in [1.29, 1.82) is 0 Å². The minimum Gasteiger partial charge on any atom is -0.393 e. The van der Waals surface area contributed by atoms with Crippen LogP contribution in [0.4, 0.5) is 8.78 Å². The summed E-state index contributed by atoms with van der Waals surface area (Å²) in [6.45, 7) is 2.01. The maximum atomic E-state index is 13.2. The Balaban J connectivity index is 2.39. The van der Waals surface area contributed by atoms with Gasteiger partial charge in [0.15, 0.2) is 0 Å². The predicted octanol–water partition coefficient (Wildman–Crippen LogP) is 3.45.